The molecule has 122 valence electrons. The third kappa shape index (κ3) is 4.72. The van der Waals surface area contributed by atoms with E-state index in [0.717, 1.165) is 11.3 Å². The number of carbonyl (C=O) groups is 1. The third-order valence-corrected chi connectivity index (χ3v) is 3.39. The molecule has 2 rings (SSSR count). The van der Waals surface area contributed by atoms with Crippen LogP contribution in [0.2, 0.25) is 0 Å². The fourth-order valence-electron chi connectivity index (χ4n) is 2.15. The summed E-state index contributed by atoms with van der Waals surface area (Å²) in [6, 6.07) is 14.9. The molecule has 0 radical (unpaired) electrons. The van der Waals surface area contributed by atoms with Gasteiger partial charge >= 0.3 is 0 Å². The van der Waals surface area contributed by atoms with Crippen LogP contribution in [-0.2, 0) is 6.54 Å². The molecule has 0 aliphatic carbocycles. The Hall–Kier alpha value is -2.53. The van der Waals surface area contributed by atoms with Crippen LogP contribution in [0.15, 0.2) is 48.5 Å². The number of anilines is 1. The second kappa shape index (κ2) is 8.19. The van der Waals surface area contributed by atoms with Crippen molar-refractivity contribution in [3.63, 3.8) is 0 Å². The summed E-state index contributed by atoms with van der Waals surface area (Å²) in [5, 5.41) is 11.8. The molecule has 0 heterocycles. The molecule has 2 aromatic rings. The van der Waals surface area contributed by atoms with E-state index in [0.29, 0.717) is 17.9 Å². The first-order valence-electron chi connectivity index (χ1n) is 7.49. The van der Waals surface area contributed by atoms with Crippen LogP contribution in [0.25, 0.3) is 0 Å². The molecule has 0 saturated carbocycles. The largest absolute Gasteiger partial charge is 0.491 e. The highest BCUT2D eigenvalue weighted by atomic mass is 16.5. The molecule has 23 heavy (non-hydrogen) atoms. The van der Waals surface area contributed by atoms with Crippen molar-refractivity contribution in [1.29, 1.82) is 0 Å². The standard InChI is InChI=1S/C18H22N2O3/c1-20(2)16-8-5-7-14(12-16)18(22)19-13-15-6-3-4-9-17(15)23-11-10-21/h3-9,12,21H,10-11,13H2,1-2H3,(H,19,22). The van der Waals surface area contributed by atoms with E-state index in [1.165, 1.54) is 0 Å². The second-order valence-electron chi connectivity index (χ2n) is 5.31. The van der Waals surface area contributed by atoms with Gasteiger partial charge in [-0.05, 0) is 24.3 Å². The topological polar surface area (TPSA) is 61.8 Å². The van der Waals surface area contributed by atoms with Crippen molar-refractivity contribution < 1.29 is 14.6 Å². The molecule has 5 nitrogen and oxygen atoms in total. The quantitative estimate of drug-likeness (QED) is 0.821. The maximum Gasteiger partial charge on any atom is 0.251 e. The minimum Gasteiger partial charge on any atom is -0.491 e. The Balaban J connectivity index is 2.03. The normalized spacial score (nSPS) is 10.2. The van der Waals surface area contributed by atoms with Crippen molar-refractivity contribution in [3.05, 3.63) is 59.7 Å². The number of benzene rings is 2. The molecular formula is C18H22N2O3. The van der Waals surface area contributed by atoms with Crippen LogP contribution < -0.4 is 15.0 Å². The van der Waals surface area contributed by atoms with Crippen LogP contribution in [0.4, 0.5) is 5.69 Å². The number of ether oxygens (including phenoxy) is 1. The Labute approximate surface area is 136 Å². The fourth-order valence-corrected chi connectivity index (χ4v) is 2.15. The van der Waals surface area contributed by atoms with Gasteiger partial charge in [0.05, 0.1) is 6.61 Å². The first-order valence-corrected chi connectivity index (χ1v) is 7.49. The predicted molar refractivity (Wildman–Crippen MR) is 91.0 cm³/mol. The minimum atomic E-state index is -0.134. The summed E-state index contributed by atoms with van der Waals surface area (Å²) in [5.41, 5.74) is 2.47. The number of hydrogen-bond donors (Lipinski definition) is 2. The average molecular weight is 314 g/mol. The molecule has 0 saturated heterocycles. The Morgan fingerprint density at radius 2 is 1.96 bits per heavy atom. The summed E-state index contributed by atoms with van der Waals surface area (Å²) in [6.45, 7) is 0.556. The van der Waals surface area contributed by atoms with Crippen molar-refractivity contribution >= 4 is 11.6 Å². The summed E-state index contributed by atoms with van der Waals surface area (Å²) >= 11 is 0. The molecule has 0 atom stereocenters. The maximum absolute atomic E-state index is 12.3. The summed E-state index contributed by atoms with van der Waals surface area (Å²) in [5.74, 6) is 0.537. The molecule has 0 aromatic heterocycles. The van der Waals surface area contributed by atoms with Gasteiger partial charge in [0.2, 0.25) is 0 Å². The number of hydrogen-bond acceptors (Lipinski definition) is 4. The van der Waals surface area contributed by atoms with Gasteiger partial charge in [0.1, 0.15) is 12.4 Å². The van der Waals surface area contributed by atoms with Crippen LogP contribution in [0.5, 0.6) is 5.75 Å². The molecule has 0 unspecified atom stereocenters. The molecule has 2 N–H and O–H groups in total. The zero-order valence-electron chi connectivity index (χ0n) is 13.5. The SMILES string of the molecule is CN(C)c1cccc(C(=O)NCc2ccccc2OCCO)c1. The number of aliphatic hydroxyl groups is 1. The van der Waals surface area contributed by atoms with Crippen LogP contribution in [0.1, 0.15) is 15.9 Å². The van der Waals surface area contributed by atoms with Gasteiger partial charge in [0.25, 0.3) is 5.91 Å². The Morgan fingerprint density at radius 3 is 2.70 bits per heavy atom. The summed E-state index contributed by atoms with van der Waals surface area (Å²) in [6.07, 6.45) is 0. The number of carbonyl (C=O) groups excluding carboxylic acids is 1. The van der Waals surface area contributed by atoms with Gasteiger partial charge in [0, 0.05) is 37.5 Å². The zero-order chi connectivity index (χ0) is 16.7. The summed E-state index contributed by atoms with van der Waals surface area (Å²) in [7, 11) is 3.87. The lowest BCUT2D eigenvalue weighted by molar-refractivity contribution is 0.0950. The molecule has 5 heteroatoms. The smallest absolute Gasteiger partial charge is 0.251 e. The van der Waals surface area contributed by atoms with E-state index in [9.17, 15) is 4.79 Å². The van der Waals surface area contributed by atoms with Gasteiger partial charge in [0.15, 0.2) is 0 Å². The number of aliphatic hydroxyl groups excluding tert-OH is 1. The maximum atomic E-state index is 12.3. The van der Waals surface area contributed by atoms with E-state index in [2.05, 4.69) is 5.32 Å². The van der Waals surface area contributed by atoms with Crippen LogP contribution in [0.3, 0.4) is 0 Å². The lowest BCUT2D eigenvalue weighted by atomic mass is 10.1. The Kier molecular flexibility index (Phi) is 6.00. The highest BCUT2D eigenvalue weighted by Gasteiger charge is 2.09. The molecule has 0 aliphatic rings. The Bertz CT molecular complexity index is 656. The van der Waals surface area contributed by atoms with Gasteiger partial charge in [-0.25, -0.2) is 0 Å². The van der Waals surface area contributed by atoms with Gasteiger partial charge in [-0.2, -0.15) is 0 Å². The molecule has 0 fully saturated rings. The average Bonchev–Trinajstić information content (AvgIpc) is 2.58. The predicted octanol–water partition coefficient (Wildman–Crippen LogP) is 2.05. The molecule has 0 aliphatic heterocycles. The molecule has 0 bridgehead atoms. The van der Waals surface area contributed by atoms with E-state index < -0.39 is 0 Å². The fraction of sp³-hybridized carbons (Fsp3) is 0.278. The first kappa shape index (κ1) is 16.8. The van der Waals surface area contributed by atoms with E-state index in [1.54, 1.807) is 6.07 Å². The number of amides is 1. The van der Waals surface area contributed by atoms with Crippen LogP contribution in [-0.4, -0.2) is 38.3 Å². The van der Waals surface area contributed by atoms with Crippen molar-refractivity contribution in [2.45, 2.75) is 6.54 Å². The van der Waals surface area contributed by atoms with Crippen molar-refractivity contribution in [1.82, 2.24) is 5.32 Å². The van der Waals surface area contributed by atoms with E-state index in [-0.39, 0.29) is 19.1 Å². The van der Waals surface area contributed by atoms with Crippen LogP contribution >= 0.6 is 0 Å². The highest BCUT2D eigenvalue weighted by Crippen LogP contribution is 2.18. The van der Waals surface area contributed by atoms with Gasteiger partial charge in [-0.15, -0.1) is 0 Å². The number of para-hydroxylation sites is 1. The zero-order valence-corrected chi connectivity index (χ0v) is 13.5. The van der Waals surface area contributed by atoms with Crippen LogP contribution in [0, 0.1) is 0 Å². The van der Waals surface area contributed by atoms with Crippen molar-refractivity contribution in [2.75, 3.05) is 32.2 Å². The lowest BCUT2D eigenvalue weighted by Gasteiger charge is -2.14. The molecule has 1 amide bonds. The Morgan fingerprint density at radius 1 is 1.17 bits per heavy atom. The van der Waals surface area contributed by atoms with E-state index >= 15 is 0 Å². The van der Waals surface area contributed by atoms with Gasteiger partial charge < -0.3 is 20.1 Å². The van der Waals surface area contributed by atoms with Crippen molar-refractivity contribution in [3.8, 4) is 5.75 Å². The highest BCUT2D eigenvalue weighted by molar-refractivity contribution is 5.95. The molecule has 0 spiro atoms. The van der Waals surface area contributed by atoms with E-state index in [1.807, 2.05) is 61.5 Å². The van der Waals surface area contributed by atoms with Crippen molar-refractivity contribution in [2.24, 2.45) is 0 Å². The molecule has 2 aromatic carbocycles. The minimum absolute atomic E-state index is 0.0436. The first-order chi connectivity index (χ1) is 11.1. The van der Waals surface area contributed by atoms with Gasteiger partial charge in [-0.3, -0.25) is 4.79 Å². The number of nitrogens with one attached hydrogen (secondary N) is 1. The van der Waals surface area contributed by atoms with E-state index in [4.69, 9.17) is 9.84 Å². The summed E-state index contributed by atoms with van der Waals surface area (Å²) < 4.78 is 5.47. The lowest BCUT2D eigenvalue weighted by Crippen LogP contribution is -2.23. The third-order valence-electron chi connectivity index (χ3n) is 3.39. The second-order valence-corrected chi connectivity index (χ2v) is 5.31. The monoisotopic (exact) mass is 314 g/mol. The van der Waals surface area contributed by atoms with Gasteiger partial charge in [-0.1, -0.05) is 24.3 Å². The number of nitrogens with zero attached hydrogens (tertiary/aromatic N) is 1. The summed E-state index contributed by atoms with van der Waals surface area (Å²) in [4.78, 5) is 14.3. The molecular weight excluding hydrogens is 292 g/mol. The number of rotatable bonds is 7.